The van der Waals surface area contributed by atoms with E-state index in [1.807, 2.05) is 0 Å². The SMILES string of the molecule is CC1[N-]C(C)c2ccccc21.[Y]. The van der Waals surface area contributed by atoms with E-state index in [0.29, 0.717) is 12.1 Å². The molecule has 1 aromatic carbocycles. The predicted octanol–water partition coefficient (Wildman–Crippen LogP) is 3.19. The van der Waals surface area contributed by atoms with Gasteiger partial charge in [-0.2, -0.15) is 0 Å². The zero-order chi connectivity index (χ0) is 7.84. The fourth-order valence-electron chi connectivity index (χ4n) is 1.77. The van der Waals surface area contributed by atoms with E-state index in [4.69, 9.17) is 0 Å². The molecule has 2 atom stereocenters. The summed E-state index contributed by atoms with van der Waals surface area (Å²) in [4.78, 5) is 0. The number of nitrogens with zero attached hydrogens (tertiary/aromatic N) is 1. The van der Waals surface area contributed by atoms with Gasteiger partial charge in [0.2, 0.25) is 0 Å². The number of rotatable bonds is 0. The Kier molecular flexibility index (Phi) is 3.45. The molecule has 1 aliphatic rings. The van der Waals surface area contributed by atoms with E-state index in [1.165, 1.54) is 11.1 Å². The molecule has 1 aromatic rings. The molecule has 0 spiro atoms. The average molecular weight is 235 g/mol. The van der Waals surface area contributed by atoms with Crippen molar-refractivity contribution in [3.63, 3.8) is 0 Å². The second kappa shape index (κ2) is 3.99. The summed E-state index contributed by atoms with van der Waals surface area (Å²) in [5.74, 6) is 0. The molecule has 0 bridgehead atoms. The number of fused-ring (bicyclic) bond motifs is 1. The van der Waals surface area contributed by atoms with E-state index in [2.05, 4.69) is 43.4 Å². The van der Waals surface area contributed by atoms with Crippen molar-refractivity contribution in [3.05, 3.63) is 40.7 Å². The van der Waals surface area contributed by atoms with Gasteiger partial charge in [0.05, 0.1) is 0 Å². The van der Waals surface area contributed by atoms with Gasteiger partial charge < -0.3 is 5.32 Å². The maximum absolute atomic E-state index is 4.56. The molecule has 1 aliphatic heterocycles. The molecule has 1 heterocycles. The van der Waals surface area contributed by atoms with Crippen LogP contribution in [0.2, 0.25) is 0 Å². The van der Waals surface area contributed by atoms with E-state index in [9.17, 15) is 0 Å². The summed E-state index contributed by atoms with van der Waals surface area (Å²) in [6.45, 7) is 4.31. The molecule has 0 fully saturated rings. The molecular weight excluding hydrogens is 223 g/mol. The van der Waals surface area contributed by atoms with Gasteiger partial charge in [-0.25, -0.2) is 0 Å². The standard InChI is InChI=1S/C10H12N.Y/c1-7-9-5-3-4-6-10(9)8(2)11-7;/h3-8H,1-2H3;/q-1;. The number of benzene rings is 1. The maximum Gasteiger partial charge on any atom is 0 e. The monoisotopic (exact) mass is 235 g/mol. The van der Waals surface area contributed by atoms with E-state index in [1.54, 1.807) is 0 Å². The second-order valence-corrected chi connectivity index (χ2v) is 3.13. The van der Waals surface area contributed by atoms with Gasteiger partial charge in [0.15, 0.2) is 0 Å². The molecule has 2 rings (SSSR count). The van der Waals surface area contributed by atoms with E-state index < -0.39 is 0 Å². The van der Waals surface area contributed by atoms with Crippen molar-refractivity contribution < 1.29 is 32.7 Å². The first-order chi connectivity index (χ1) is 5.29. The van der Waals surface area contributed by atoms with Crippen LogP contribution in [0.3, 0.4) is 0 Å². The van der Waals surface area contributed by atoms with Gasteiger partial charge in [-0.05, 0) is 0 Å². The molecule has 0 N–H and O–H groups in total. The Labute approximate surface area is 98.8 Å². The second-order valence-electron chi connectivity index (χ2n) is 3.13. The topological polar surface area (TPSA) is 14.1 Å². The summed E-state index contributed by atoms with van der Waals surface area (Å²) in [6, 6.07) is 9.33. The summed E-state index contributed by atoms with van der Waals surface area (Å²) in [5.41, 5.74) is 2.81. The van der Waals surface area contributed by atoms with Gasteiger partial charge in [-0.1, -0.05) is 49.2 Å². The van der Waals surface area contributed by atoms with E-state index >= 15 is 0 Å². The Balaban J connectivity index is 0.000000720. The van der Waals surface area contributed by atoms with Crippen molar-refractivity contribution in [2.75, 3.05) is 0 Å². The third-order valence-electron chi connectivity index (χ3n) is 2.34. The van der Waals surface area contributed by atoms with Crippen LogP contribution >= 0.6 is 0 Å². The first-order valence-electron chi connectivity index (χ1n) is 4.08. The van der Waals surface area contributed by atoms with Crippen LogP contribution in [0, 0.1) is 0 Å². The normalized spacial score (nSPS) is 26.2. The van der Waals surface area contributed by atoms with E-state index in [-0.39, 0.29) is 32.7 Å². The quantitative estimate of drug-likeness (QED) is 0.655. The smallest absolute Gasteiger partial charge is 0 e. The fraction of sp³-hybridized carbons (Fsp3) is 0.400. The molecule has 61 valence electrons. The Morgan fingerprint density at radius 1 is 1.00 bits per heavy atom. The largest absolute Gasteiger partial charge is 0.650 e. The van der Waals surface area contributed by atoms with Crippen LogP contribution in [0.1, 0.15) is 37.1 Å². The van der Waals surface area contributed by atoms with Gasteiger partial charge >= 0.3 is 0 Å². The van der Waals surface area contributed by atoms with Crippen molar-refractivity contribution >= 4 is 0 Å². The fourth-order valence-corrected chi connectivity index (χ4v) is 1.77. The summed E-state index contributed by atoms with van der Waals surface area (Å²) in [5, 5.41) is 4.56. The number of hydrogen-bond donors (Lipinski definition) is 0. The Morgan fingerprint density at radius 2 is 1.42 bits per heavy atom. The molecule has 2 unspecified atom stereocenters. The minimum absolute atomic E-state index is 0. The molecule has 0 aromatic heterocycles. The van der Waals surface area contributed by atoms with Gasteiger partial charge in [0, 0.05) is 32.7 Å². The van der Waals surface area contributed by atoms with Crippen molar-refractivity contribution in [1.82, 2.24) is 0 Å². The predicted molar refractivity (Wildman–Crippen MR) is 46.6 cm³/mol. The molecule has 12 heavy (non-hydrogen) atoms. The van der Waals surface area contributed by atoms with Crippen LogP contribution in [-0.4, -0.2) is 0 Å². The van der Waals surface area contributed by atoms with Crippen LogP contribution < -0.4 is 0 Å². The Bertz CT molecular complexity index is 245. The molecule has 0 saturated heterocycles. The summed E-state index contributed by atoms with van der Waals surface area (Å²) in [6.07, 6.45) is 0. The van der Waals surface area contributed by atoms with Crippen LogP contribution in [0.15, 0.2) is 24.3 Å². The molecule has 1 nitrogen and oxygen atoms in total. The molecule has 0 aliphatic carbocycles. The van der Waals surface area contributed by atoms with Gasteiger partial charge in [-0.3, -0.25) is 0 Å². The average Bonchev–Trinajstić information content (AvgIpc) is 2.30. The summed E-state index contributed by atoms with van der Waals surface area (Å²) in [7, 11) is 0. The molecular formula is C10H12NY-. The Hall–Kier alpha value is 0.284. The first-order valence-corrected chi connectivity index (χ1v) is 4.08. The Morgan fingerprint density at radius 3 is 1.83 bits per heavy atom. The minimum atomic E-state index is 0. The van der Waals surface area contributed by atoms with Crippen LogP contribution in [0.4, 0.5) is 0 Å². The van der Waals surface area contributed by atoms with Gasteiger partial charge in [0.1, 0.15) is 0 Å². The zero-order valence-corrected chi connectivity index (χ0v) is 10.3. The summed E-state index contributed by atoms with van der Waals surface area (Å²) < 4.78 is 0. The minimum Gasteiger partial charge on any atom is -0.650 e. The van der Waals surface area contributed by atoms with Crippen LogP contribution in [0.5, 0.6) is 0 Å². The third kappa shape index (κ3) is 1.63. The first kappa shape index (κ1) is 10.4. The van der Waals surface area contributed by atoms with Crippen molar-refractivity contribution in [3.8, 4) is 0 Å². The number of hydrogen-bond acceptors (Lipinski definition) is 0. The maximum atomic E-state index is 4.56. The molecule has 2 heteroatoms. The summed E-state index contributed by atoms with van der Waals surface area (Å²) >= 11 is 0. The van der Waals surface area contributed by atoms with E-state index in [0.717, 1.165) is 0 Å². The van der Waals surface area contributed by atoms with Gasteiger partial charge in [0.25, 0.3) is 0 Å². The van der Waals surface area contributed by atoms with Crippen LogP contribution in [0.25, 0.3) is 5.32 Å². The van der Waals surface area contributed by atoms with Gasteiger partial charge in [-0.15, -0.1) is 12.1 Å². The third-order valence-corrected chi connectivity index (χ3v) is 2.34. The van der Waals surface area contributed by atoms with Crippen molar-refractivity contribution in [1.29, 1.82) is 0 Å². The van der Waals surface area contributed by atoms with Crippen molar-refractivity contribution in [2.45, 2.75) is 25.9 Å². The molecule has 0 saturated carbocycles. The van der Waals surface area contributed by atoms with Crippen LogP contribution in [-0.2, 0) is 32.7 Å². The molecule has 0 amide bonds. The molecule has 1 radical (unpaired) electrons. The zero-order valence-electron chi connectivity index (χ0n) is 7.49. The van der Waals surface area contributed by atoms with Crippen molar-refractivity contribution in [2.24, 2.45) is 0 Å².